The largest absolute Gasteiger partial charge is 0.477 e. The Morgan fingerprint density at radius 2 is 1.96 bits per heavy atom. The van der Waals surface area contributed by atoms with Gasteiger partial charge in [0, 0.05) is 38.8 Å². The van der Waals surface area contributed by atoms with Crippen LogP contribution in [-0.4, -0.2) is 70.8 Å². The number of aryl methyl sites for hydroxylation is 1. The minimum Gasteiger partial charge on any atom is -0.477 e. The normalized spacial score (nSPS) is 16.4. The summed E-state index contributed by atoms with van der Waals surface area (Å²) in [5.41, 5.74) is 1.61. The molecule has 0 saturated carbocycles. The van der Waals surface area contributed by atoms with Gasteiger partial charge in [0.2, 0.25) is 5.88 Å². The molecule has 4 rings (SSSR count). The number of piperazine rings is 1. The fourth-order valence-corrected chi connectivity index (χ4v) is 3.21. The van der Waals surface area contributed by atoms with Crippen molar-refractivity contribution in [2.75, 3.05) is 46.4 Å². The van der Waals surface area contributed by atoms with E-state index < -0.39 is 0 Å². The van der Waals surface area contributed by atoms with Crippen LogP contribution in [0.25, 0.3) is 17.1 Å². The van der Waals surface area contributed by atoms with E-state index in [9.17, 15) is 0 Å². The first-order valence-electron chi connectivity index (χ1n) is 9.14. The van der Waals surface area contributed by atoms with E-state index in [4.69, 9.17) is 9.15 Å². The summed E-state index contributed by atoms with van der Waals surface area (Å²) >= 11 is 0. The van der Waals surface area contributed by atoms with Crippen LogP contribution >= 0.6 is 0 Å². The molecule has 0 spiro atoms. The third-order valence-corrected chi connectivity index (χ3v) is 4.80. The van der Waals surface area contributed by atoms with Crippen molar-refractivity contribution >= 4 is 5.65 Å². The highest BCUT2D eigenvalue weighted by Crippen LogP contribution is 2.23. The molecule has 0 unspecified atom stereocenters. The minimum atomic E-state index is 0.610. The van der Waals surface area contributed by atoms with Crippen molar-refractivity contribution in [1.29, 1.82) is 0 Å². The fourth-order valence-electron chi connectivity index (χ4n) is 3.21. The molecule has 3 aromatic rings. The van der Waals surface area contributed by atoms with Crippen LogP contribution < -0.4 is 4.74 Å². The van der Waals surface area contributed by atoms with E-state index in [0.29, 0.717) is 12.5 Å². The Hall–Kier alpha value is -2.38. The molecule has 0 radical (unpaired) electrons. The van der Waals surface area contributed by atoms with Gasteiger partial charge in [-0.05, 0) is 38.6 Å². The van der Waals surface area contributed by atoms with Gasteiger partial charge in [-0.3, -0.25) is 0 Å². The third kappa shape index (κ3) is 3.73. The molecule has 138 valence electrons. The van der Waals surface area contributed by atoms with Crippen LogP contribution in [0.3, 0.4) is 0 Å². The Kier molecular flexibility index (Phi) is 4.90. The maximum absolute atomic E-state index is 5.86. The van der Waals surface area contributed by atoms with Gasteiger partial charge in [-0.1, -0.05) is 0 Å². The number of imidazole rings is 1. The number of fused-ring (bicyclic) bond motifs is 1. The van der Waals surface area contributed by atoms with E-state index in [-0.39, 0.29) is 0 Å². The monoisotopic (exact) mass is 355 g/mol. The minimum absolute atomic E-state index is 0.610. The molecule has 0 aliphatic carbocycles. The van der Waals surface area contributed by atoms with E-state index in [1.807, 2.05) is 31.2 Å². The Labute approximate surface area is 153 Å². The number of hydrogen-bond donors (Lipinski definition) is 0. The lowest BCUT2D eigenvalue weighted by atomic mass is 10.3. The molecule has 0 N–H and O–H groups in total. The van der Waals surface area contributed by atoms with E-state index >= 15 is 0 Å². The maximum atomic E-state index is 5.86. The van der Waals surface area contributed by atoms with Crippen LogP contribution in [0.4, 0.5) is 0 Å². The summed E-state index contributed by atoms with van der Waals surface area (Å²) in [4.78, 5) is 9.25. The molecule has 1 saturated heterocycles. The Morgan fingerprint density at radius 3 is 2.73 bits per heavy atom. The average molecular weight is 355 g/mol. The SMILES string of the molecule is Cc1ccc(-c2cnc3ccc(OCCCN4CCN(C)CC4)nn23)o1. The summed E-state index contributed by atoms with van der Waals surface area (Å²) in [7, 11) is 2.18. The van der Waals surface area contributed by atoms with Gasteiger partial charge in [0.1, 0.15) is 11.5 Å². The second-order valence-electron chi connectivity index (χ2n) is 6.84. The fraction of sp³-hybridized carbons (Fsp3) is 0.474. The van der Waals surface area contributed by atoms with E-state index in [1.165, 1.54) is 0 Å². The first-order valence-corrected chi connectivity index (χ1v) is 9.14. The summed E-state index contributed by atoms with van der Waals surface area (Å²) < 4.78 is 13.3. The first-order chi connectivity index (χ1) is 12.7. The number of nitrogens with zero attached hydrogens (tertiary/aromatic N) is 5. The van der Waals surface area contributed by atoms with Crippen molar-refractivity contribution in [2.24, 2.45) is 0 Å². The van der Waals surface area contributed by atoms with Gasteiger partial charge in [-0.2, -0.15) is 0 Å². The molecule has 4 heterocycles. The predicted molar refractivity (Wildman–Crippen MR) is 99.5 cm³/mol. The van der Waals surface area contributed by atoms with Crippen LogP contribution in [-0.2, 0) is 0 Å². The molecule has 3 aromatic heterocycles. The van der Waals surface area contributed by atoms with E-state index in [1.54, 1.807) is 10.7 Å². The molecular formula is C19H25N5O2. The number of rotatable bonds is 6. The Morgan fingerprint density at radius 1 is 1.12 bits per heavy atom. The van der Waals surface area contributed by atoms with Crippen LogP contribution in [0, 0.1) is 6.92 Å². The second kappa shape index (κ2) is 7.47. The molecule has 0 bridgehead atoms. The maximum Gasteiger partial charge on any atom is 0.231 e. The summed E-state index contributed by atoms with van der Waals surface area (Å²) in [6.45, 7) is 8.23. The number of ether oxygens (including phenoxy) is 1. The zero-order valence-electron chi connectivity index (χ0n) is 15.4. The zero-order valence-corrected chi connectivity index (χ0v) is 15.4. The Balaban J connectivity index is 1.36. The lowest BCUT2D eigenvalue weighted by molar-refractivity contribution is 0.145. The van der Waals surface area contributed by atoms with Crippen molar-refractivity contribution in [3.63, 3.8) is 0 Å². The van der Waals surface area contributed by atoms with Gasteiger partial charge in [-0.15, -0.1) is 5.10 Å². The highest BCUT2D eigenvalue weighted by molar-refractivity contribution is 5.58. The summed E-state index contributed by atoms with van der Waals surface area (Å²) in [5.74, 6) is 2.24. The summed E-state index contributed by atoms with van der Waals surface area (Å²) in [5, 5.41) is 4.57. The molecule has 7 nitrogen and oxygen atoms in total. The highest BCUT2D eigenvalue weighted by Gasteiger charge is 2.14. The zero-order chi connectivity index (χ0) is 17.9. The Bertz CT molecular complexity index is 864. The standard InChI is InChI=1S/C19H25N5O2/c1-15-4-5-17(26-15)16-14-20-18-6-7-19(21-24(16)18)25-13-3-8-23-11-9-22(2)10-12-23/h4-7,14H,3,8-13H2,1-2H3. The quantitative estimate of drug-likeness (QED) is 0.633. The number of hydrogen-bond acceptors (Lipinski definition) is 6. The lowest BCUT2D eigenvalue weighted by Gasteiger charge is -2.32. The smallest absolute Gasteiger partial charge is 0.231 e. The van der Waals surface area contributed by atoms with Crippen LogP contribution in [0.5, 0.6) is 5.88 Å². The molecule has 0 aromatic carbocycles. The molecule has 1 fully saturated rings. The van der Waals surface area contributed by atoms with Gasteiger partial charge in [-0.25, -0.2) is 9.50 Å². The third-order valence-electron chi connectivity index (χ3n) is 4.80. The van der Waals surface area contributed by atoms with Gasteiger partial charge < -0.3 is 19.0 Å². The number of aromatic nitrogens is 3. The number of likely N-dealkylation sites (N-methyl/N-ethyl adjacent to an activating group) is 1. The molecule has 1 aliphatic heterocycles. The lowest BCUT2D eigenvalue weighted by Crippen LogP contribution is -2.44. The van der Waals surface area contributed by atoms with Crippen LogP contribution in [0.15, 0.2) is 34.9 Å². The van der Waals surface area contributed by atoms with Gasteiger partial charge >= 0.3 is 0 Å². The highest BCUT2D eigenvalue weighted by atomic mass is 16.5. The van der Waals surface area contributed by atoms with Gasteiger partial charge in [0.15, 0.2) is 11.4 Å². The predicted octanol–water partition coefficient (Wildman–Crippen LogP) is 2.31. The molecule has 7 heteroatoms. The van der Waals surface area contributed by atoms with Crippen molar-refractivity contribution in [3.05, 3.63) is 36.2 Å². The van der Waals surface area contributed by atoms with Crippen molar-refractivity contribution in [2.45, 2.75) is 13.3 Å². The molecular weight excluding hydrogens is 330 g/mol. The second-order valence-corrected chi connectivity index (χ2v) is 6.84. The van der Waals surface area contributed by atoms with E-state index in [2.05, 4.69) is 26.9 Å². The van der Waals surface area contributed by atoms with Gasteiger partial charge in [0.05, 0.1) is 12.8 Å². The number of furan rings is 1. The molecule has 0 amide bonds. The van der Waals surface area contributed by atoms with Crippen LogP contribution in [0.2, 0.25) is 0 Å². The topological polar surface area (TPSA) is 59.0 Å². The van der Waals surface area contributed by atoms with Crippen molar-refractivity contribution in [1.82, 2.24) is 24.4 Å². The van der Waals surface area contributed by atoms with Crippen molar-refractivity contribution < 1.29 is 9.15 Å². The first kappa shape index (κ1) is 17.1. The molecule has 26 heavy (non-hydrogen) atoms. The average Bonchev–Trinajstić information content (AvgIpc) is 3.26. The molecule has 1 aliphatic rings. The summed E-state index contributed by atoms with van der Waals surface area (Å²) in [6.07, 6.45) is 2.77. The van der Waals surface area contributed by atoms with Crippen molar-refractivity contribution in [3.8, 4) is 17.3 Å². The van der Waals surface area contributed by atoms with Crippen LogP contribution in [0.1, 0.15) is 12.2 Å². The summed E-state index contributed by atoms with van der Waals surface area (Å²) in [6, 6.07) is 7.66. The molecule has 0 atom stereocenters. The van der Waals surface area contributed by atoms with E-state index in [0.717, 1.165) is 62.0 Å². The van der Waals surface area contributed by atoms with Gasteiger partial charge in [0.25, 0.3) is 0 Å².